The zero-order valence-corrected chi connectivity index (χ0v) is 19.0. The van der Waals surface area contributed by atoms with E-state index in [1.54, 1.807) is 18.2 Å². The molecule has 1 aromatic carbocycles. The molecule has 5 atom stereocenters. The monoisotopic (exact) mass is 491 g/mol. The minimum atomic E-state index is -1.18. The number of carbonyl (C=O) groups is 3. The maximum Gasteiger partial charge on any atom is 0.303 e. The van der Waals surface area contributed by atoms with Gasteiger partial charge in [0.25, 0.3) is 0 Å². The summed E-state index contributed by atoms with van der Waals surface area (Å²) in [6.07, 6.45) is -3.33. The third-order valence-electron chi connectivity index (χ3n) is 4.02. The minimum Gasteiger partial charge on any atom is -0.463 e. The number of halogens is 2. The fourth-order valence-corrected chi connectivity index (χ4v) is 4.53. The summed E-state index contributed by atoms with van der Waals surface area (Å²) in [6, 6.07) is 3.78. The van der Waals surface area contributed by atoms with Gasteiger partial charge in [0.1, 0.15) is 36.4 Å². The highest BCUT2D eigenvalue weighted by atomic mass is 35.5. The summed E-state index contributed by atoms with van der Waals surface area (Å²) in [5.41, 5.74) is 8.13. The van der Waals surface area contributed by atoms with Crippen LogP contribution in [-0.4, -0.2) is 54.3 Å². The highest BCUT2D eigenvalue weighted by molar-refractivity contribution is 8.00. The Morgan fingerprint density at radius 1 is 1.13 bits per heavy atom. The highest BCUT2D eigenvalue weighted by Gasteiger charge is 2.50. The van der Waals surface area contributed by atoms with Crippen LogP contribution in [0.2, 0.25) is 10.0 Å². The van der Waals surface area contributed by atoms with E-state index in [1.807, 2.05) is 0 Å². The van der Waals surface area contributed by atoms with Crippen LogP contribution in [0.1, 0.15) is 20.8 Å². The zero-order valence-electron chi connectivity index (χ0n) is 16.7. The first-order chi connectivity index (χ1) is 14.6. The van der Waals surface area contributed by atoms with Crippen molar-refractivity contribution in [3.63, 3.8) is 0 Å². The van der Waals surface area contributed by atoms with Gasteiger partial charge >= 0.3 is 17.9 Å². The van der Waals surface area contributed by atoms with E-state index in [-0.39, 0.29) is 11.6 Å². The molecule has 0 bridgehead atoms. The van der Waals surface area contributed by atoms with Crippen LogP contribution in [0.5, 0.6) is 0 Å². The molecule has 3 unspecified atom stereocenters. The number of azide groups is 1. The molecule has 0 amide bonds. The highest BCUT2D eigenvalue weighted by Crippen LogP contribution is 2.41. The van der Waals surface area contributed by atoms with Crippen molar-refractivity contribution in [2.24, 2.45) is 5.11 Å². The smallest absolute Gasteiger partial charge is 0.303 e. The van der Waals surface area contributed by atoms with Gasteiger partial charge in [-0.15, -0.1) is 0 Å². The largest absolute Gasteiger partial charge is 0.463 e. The van der Waals surface area contributed by atoms with Crippen LogP contribution < -0.4 is 0 Å². The average molecular weight is 492 g/mol. The van der Waals surface area contributed by atoms with E-state index in [2.05, 4.69) is 10.0 Å². The molecule has 0 saturated carbocycles. The van der Waals surface area contributed by atoms with Crippen LogP contribution in [-0.2, 0) is 33.3 Å². The van der Waals surface area contributed by atoms with Crippen molar-refractivity contribution in [1.82, 2.24) is 0 Å². The number of hydrogen-bond acceptors (Lipinski definition) is 9. The fourth-order valence-electron chi connectivity index (χ4n) is 2.87. The summed E-state index contributed by atoms with van der Waals surface area (Å²) < 4.78 is 21.7. The summed E-state index contributed by atoms with van der Waals surface area (Å²) >= 11 is 13.4. The van der Waals surface area contributed by atoms with Gasteiger partial charge in [-0.3, -0.25) is 14.4 Å². The second-order valence-corrected chi connectivity index (χ2v) is 8.28. The molecule has 1 fully saturated rings. The lowest BCUT2D eigenvalue weighted by Gasteiger charge is -2.43. The van der Waals surface area contributed by atoms with Gasteiger partial charge in [-0.25, -0.2) is 0 Å². The number of benzene rings is 1. The first-order valence-electron chi connectivity index (χ1n) is 8.92. The SMILES string of the molecule is CC(=O)OCC1O[C@H](Sc2cccc(Cl)c2Cl)C(OC(C)=O)C(N=[N+]=[N-])[C@H]1OC(C)=O. The van der Waals surface area contributed by atoms with Gasteiger partial charge in [0.15, 0.2) is 0 Å². The molecule has 168 valence electrons. The number of hydrogen-bond donors (Lipinski definition) is 0. The molecule has 10 nitrogen and oxygen atoms in total. The summed E-state index contributed by atoms with van der Waals surface area (Å²) in [6.45, 7) is 3.24. The molecule has 1 saturated heterocycles. The maximum absolute atomic E-state index is 11.8. The van der Waals surface area contributed by atoms with Crippen molar-refractivity contribution in [2.45, 2.75) is 55.5 Å². The number of ether oxygens (including phenoxy) is 4. The van der Waals surface area contributed by atoms with Crippen molar-refractivity contribution in [2.75, 3.05) is 6.61 Å². The van der Waals surface area contributed by atoms with Crippen molar-refractivity contribution >= 4 is 52.9 Å². The van der Waals surface area contributed by atoms with Crippen molar-refractivity contribution in [3.8, 4) is 0 Å². The first-order valence-corrected chi connectivity index (χ1v) is 10.6. The molecule has 1 aliphatic heterocycles. The van der Waals surface area contributed by atoms with Crippen LogP contribution in [0, 0.1) is 0 Å². The Kier molecular flexibility index (Phi) is 9.27. The van der Waals surface area contributed by atoms with Crippen molar-refractivity contribution in [1.29, 1.82) is 0 Å². The third-order valence-corrected chi connectivity index (χ3v) is 6.15. The number of carbonyl (C=O) groups excluding carboxylic acids is 3. The van der Waals surface area contributed by atoms with Gasteiger partial charge in [-0.1, -0.05) is 46.1 Å². The van der Waals surface area contributed by atoms with Crippen LogP contribution in [0.3, 0.4) is 0 Å². The number of rotatable bonds is 7. The van der Waals surface area contributed by atoms with E-state index in [0.29, 0.717) is 9.92 Å². The summed E-state index contributed by atoms with van der Waals surface area (Å²) in [7, 11) is 0. The minimum absolute atomic E-state index is 0.248. The normalized spacial score (nSPS) is 25.1. The van der Waals surface area contributed by atoms with E-state index >= 15 is 0 Å². The predicted octanol–water partition coefficient (Wildman–Crippen LogP) is 3.92. The number of nitrogens with zero attached hydrogens (tertiary/aromatic N) is 3. The molecule has 13 heteroatoms. The van der Waals surface area contributed by atoms with E-state index in [0.717, 1.165) is 18.7 Å². The first kappa shape index (κ1) is 25.1. The Hall–Kier alpha value is -2.17. The van der Waals surface area contributed by atoms with Gasteiger partial charge in [0, 0.05) is 30.6 Å². The summed E-state index contributed by atoms with van der Waals surface area (Å²) in [5.74, 6) is -1.95. The second kappa shape index (κ2) is 11.4. The van der Waals surface area contributed by atoms with E-state index in [4.69, 9.17) is 47.7 Å². The lowest BCUT2D eigenvalue weighted by Crippen LogP contribution is -2.59. The van der Waals surface area contributed by atoms with Gasteiger partial charge in [0.05, 0.1) is 10.0 Å². The molecule has 2 rings (SSSR count). The molecule has 1 aromatic rings. The molecule has 0 radical (unpaired) electrons. The molecule has 0 N–H and O–H groups in total. The summed E-state index contributed by atoms with van der Waals surface area (Å²) in [4.78, 5) is 38.0. The van der Waals surface area contributed by atoms with E-state index < -0.39 is 47.7 Å². The van der Waals surface area contributed by atoms with E-state index in [9.17, 15) is 14.4 Å². The number of esters is 3. The molecule has 1 aliphatic rings. The Labute approximate surface area is 192 Å². The van der Waals surface area contributed by atoms with Gasteiger partial charge in [-0.2, -0.15) is 0 Å². The van der Waals surface area contributed by atoms with Crippen molar-refractivity contribution < 1.29 is 33.3 Å². The molecule has 1 heterocycles. The Morgan fingerprint density at radius 2 is 1.77 bits per heavy atom. The van der Waals surface area contributed by atoms with Crippen LogP contribution in [0.15, 0.2) is 28.2 Å². The fraction of sp³-hybridized carbons (Fsp3) is 0.500. The zero-order chi connectivity index (χ0) is 23.1. The van der Waals surface area contributed by atoms with Crippen LogP contribution in [0.4, 0.5) is 0 Å². The molecule has 0 aromatic heterocycles. The Bertz CT molecular complexity index is 897. The van der Waals surface area contributed by atoms with Crippen LogP contribution >= 0.6 is 35.0 Å². The van der Waals surface area contributed by atoms with E-state index in [1.165, 1.54) is 13.8 Å². The van der Waals surface area contributed by atoms with Gasteiger partial charge < -0.3 is 18.9 Å². The number of thioether (sulfide) groups is 1. The molecule has 31 heavy (non-hydrogen) atoms. The Balaban J connectivity index is 2.47. The third kappa shape index (κ3) is 6.91. The maximum atomic E-state index is 11.8. The molecular formula is C18H19Cl2N3O7S. The average Bonchev–Trinajstić information content (AvgIpc) is 2.67. The molecular weight excluding hydrogens is 473 g/mol. The predicted molar refractivity (Wildman–Crippen MR) is 112 cm³/mol. The summed E-state index contributed by atoms with van der Waals surface area (Å²) in [5, 5.41) is 4.24. The topological polar surface area (TPSA) is 137 Å². The lowest BCUT2D eigenvalue weighted by molar-refractivity contribution is -0.201. The van der Waals surface area contributed by atoms with Crippen molar-refractivity contribution in [3.05, 3.63) is 38.7 Å². The second-order valence-electron chi connectivity index (χ2n) is 6.36. The lowest BCUT2D eigenvalue weighted by atomic mass is 9.97. The molecule has 0 aliphatic carbocycles. The van der Waals surface area contributed by atoms with Gasteiger partial charge in [0.2, 0.25) is 0 Å². The Morgan fingerprint density at radius 3 is 2.35 bits per heavy atom. The quantitative estimate of drug-likeness (QED) is 0.184. The van der Waals surface area contributed by atoms with Gasteiger partial charge in [-0.05, 0) is 17.7 Å². The van der Waals surface area contributed by atoms with Crippen LogP contribution in [0.25, 0.3) is 10.4 Å². The molecule has 0 spiro atoms. The standard InChI is InChI=1S/C18H19Cl2N3O7S/c1-8(24)27-7-12-16(28-9(2)25)15(22-23-21)17(29-10(3)26)18(30-12)31-13-6-4-5-11(19)14(13)20/h4-6,12,15-18H,7H2,1-3H3/t12?,15?,16-,17?,18+/m0/s1.